The summed E-state index contributed by atoms with van der Waals surface area (Å²) in [4.78, 5) is 18.7. The second-order valence-corrected chi connectivity index (χ2v) is 7.81. The van der Waals surface area contributed by atoms with Crippen LogP contribution < -0.4 is 5.32 Å². The first-order chi connectivity index (χ1) is 13.1. The van der Waals surface area contributed by atoms with E-state index in [2.05, 4.69) is 10.3 Å². The number of hydrogen-bond acceptors (Lipinski definition) is 3. The number of fused-ring (bicyclic) bond motifs is 1. The molecular formula is C21H14Cl2N2OS. The highest BCUT2D eigenvalue weighted by atomic mass is 35.5. The molecule has 0 radical (unpaired) electrons. The first kappa shape index (κ1) is 18.0. The lowest BCUT2D eigenvalue weighted by molar-refractivity contribution is 0.0953. The molecule has 4 rings (SSSR count). The van der Waals surface area contributed by atoms with Gasteiger partial charge in [0, 0.05) is 15.8 Å². The van der Waals surface area contributed by atoms with Crippen LogP contribution in [0.25, 0.3) is 22.2 Å². The van der Waals surface area contributed by atoms with Crippen molar-refractivity contribution in [3.8, 4) is 11.3 Å². The van der Waals surface area contributed by atoms with Crippen LogP contribution in [0, 0.1) is 0 Å². The minimum Gasteiger partial charge on any atom is -0.347 e. The Morgan fingerprint density at radius 3 is 2.63 bits per heavy atom. The summed E-state index contributed by atoms with van der Waals surface area (Å²) in [6.07, 6.45) is 0. The van der Waals surface area contributed by atoms with Crippen molar-refractivity contribution >= 4 is 51.3 Å². The molecule has 134 valence electrons. The van der Waals surface area contributed by atoms with E-state index in [0.29, 0.717) is 27.8 Å². The lowest BCUT2D eigenvalue weighted by atomic mass is 10.0. The maximum atomic E-state index is 12.9. The molecule has 0 spiro atoms. The second kappa shape index (κ2) is 7.69. The Balaban J connectivity index is 1.76. The molecule has 0 aliphatic heterocycles. The predicted octanol–water partition coefficient (Wildman–Crippen LogP) is 6.20. The van der Waals surface area contributed by atoms with Crippen molar-refractivity contribution in [1.82, 2.24) is 10.3 Å². The van der Waals surface area contributed by atoms with Crippen LogP contribution in [0.4, 0.5) is 0 Å². The number of hydrogen-bond donors (Lipinski definition) is 1. The summed E-state index contributed by atoms with van der Waals surface area (Å²) in [6, 6.07) is 18.7. The number of rotatable bonds is 4. The molecule has 0 unspecified atom stereocenters. The highest BCUT2D eigenvalue weighted by Gasteiger charge is 2.14. The SMILES string of the molecule is O=C(NCc1cccs1)c1cc(-c2ccc(Cl)c(Cl)c2)nc2ccccc12. The molecule has 2 aromatic carbocycles. The van der Waals surface area contributed by atoms with Gasteiger partial charge >= 0.3 is 0 Å². The van der Waals surface area contributed by atoms with Gasteiger partial charge in [0.25, 0.3) is 5.91 Å². The fourth-order valence-corrected chi connectivity index (χ4v) is 3.79. The molecule has 3 nitrogen and oxygen atoms in total. The van der Waals surface area contributed by atoms with Crippen LogP contribution in [0.1, 0.15) is 15.2 Å². The molecule has 0 bridgehead atoms. The molecule has 1 N–H and O–H groups in total. The van der Waals surface area contributed by atoms with Gasteiger partial charge < -0.3 is 5.32 Å². The molecule has 0 saturated heterocycles. The number of thiophene rings is 1. The average Bonchev–Trinajstić information content (AvgIpc) is 3.21. The van der Waals surface area contributed by atoms with Crippen molar-refractivity contribution in [2.24, 2.45) is 0 Å². The van der Waals surface area contributed by atoms with E-state index in [1.165, 1.54) is 0 Å². The lowest BCUT2D eigenvalue weighted by Gasteiger charge is -2.11. The normalized spacial score (nSPS) is 10.9. The van der Waals surface area contributed by atoms with Gasteiger partial charge in [-0.1, -0.05) is 53.5 Å². The Morgan fingerprint density at radius 1 is 1.00 bits per heavy atom. The summed E-state index contributed by atoms with van der Waals surface area (Å²) in [5.74, 6) is -0.136. The number of nitrogens with zero attached hydrogens (tertiary/aromatic N) is 1. The van der Waals surface area contributed by atoms with Crippen LogP contribution in [-0.4, -0.2) is 10.9 Å². The highest BCUT2D eigenvalue weighted by molar-refractivity contribution is 7.09. The Morgan fingerprint density at radius 2 is 1.85 bits per heavy atom. The highest BCUT2D eigenvalue weighted by Crippen LogP contribution is 2.30. The minimum atomic E-state index is -0.136. The van der Waals surface area contributed by atoms with E-state index in [1.807, 2.05) is 47.8 Å². The number of carbonyl (C=O) groups is 1. The van der Waals surface area contributed by atoms with Gasteiger partial charge in [-0.2, -0.15) is 0 Å². The van der Waals surface area contributed by atoms with Crippen LogP contribution in [-0.2, 0) is 6.54 Å². The van der Waals surface area contributed by atoms with Gasteiger partial charge in [-0.05, 0) is 35.7 Å². The first-order valence-corrected chi connectivity index (χ1v) is 9.91. The number of pyridine rings is 1. The van der Waals surface area contributed by atoms with Crippen molar-refractivity contribution in [2.75, 3.05) is 0 Å². The summed E-state index contributed by atoms with van der Waals surface area (Å²) in [6.45, 7) is 0.495. The Kier molecular flexibility index (Phi) is 5.12. The summed E-state index contributed by atoms with van der Waals surface area (Å²) in [5.41, 5.74) is 2.82. The van der Waals surface area contributed by atoms with E-state index in [9.17, 15) is 4.79 Å². The number of carbonyl (C=O) groups excluding carboxylic acids is 1. The zero-order valence-corrected chi connectivity index (χ0v) is 16.4. The molecule has 27 heavy (non-hydrogen) atoms. The van der Waals surface area contributed by atoms with E-state index < -0.39 is 0 Å². The summed E-state index contributed by atoms with van der Waals surface area (Å²) < 4.78 is 0. The van der Waals surface area contributed by atoms with Crippen LogP contribution in [0.2, 0.25) is 10.0 Å². The van der Waals surface area contributed by atoms with Gasteiger partial charge in [-0.25, -0.2) is 4.98 Å². The Bertz CT molecular complexity index is 1130. The van der Waals surface area contributed by atoms with Gasteiger partial charge in [0.2, 0.25) is 0 Å². The van der Waals surface area contributed by atoms with E-state index >= 15 is 0 Å². The molecular weight excluding hydrogens is 399 g/mol. The number of benzene rings is 2. The first-order valence-electron chi connectivity index (χ1n) is 8.27. The predicted molar refractivity (Wildman–Crippen MR) is 113 cm³/mol. The van der Waals surface area contributed by atoms with Gasteiger partial charge in [0.05, 0.1) is 33.4 Å². The maximum Gasteiger partial charge on any atom is 0.252 e. The largest absolute Gasteiger partial charge is 0.347 e. The molecule has 0 atom stereocenters. The quantitative estimate of drug-likeness (QED) is 0.433. The number of nitrogens with one attached hydrogen (secondary N) is 1. The lowest BCUT2D eigenvalue weighted by Crippen LogP contribution is -2.22. The standard InChI is InChI=1S/C21H14Cl2N2OS/c22-17-8-7-13(10-18(17)23)20-11-16(15-5-1-2-6-19(15)25-20)21(26)24-12-14-4-3-9-27-14/h1-11H,12H2,(H,24,26). The summed E-state index contributed by atoms with van der Waals surface area (Å²) in [5, 5.41) is 6.72. The topological polar surface area (TPSA) is 42.0 Å². The third-order valence-corrected chi connectivity index (χ3v) is 5.79. The van der Waals surface area contributed by atoms with Gasteiger partial charge in [-0.3, -0.25) is 4.79 Å². The molecule has 2 heterocycles. The van der Waals surface area contributed by atoms with Gasteiger partial charge in [0.1, 0.15) is 0 Å². The molecule has 0 fully saturated rings. The van der Waals surface area contributed by atoms with Crippen molar-refractivity contribution in [1.29, 1.82) is 0 Å². The van der Waals surface area contributed by atoms with Gasteiger partial charge in [-0.15, -0.1) is 11.3 Å². The molecule has 0 saturated carbocycles. The number of aromatic nitrogens is 1. The molecule has 4 aromatic rings. The molecule has 0 aliphatic rings. The molecule has 2 aromatic heterocycles. The van der Waals surface area contributed by atoms with Crippen LogP contribution in [0.3, 0.4) is 0 Å². The van der Waals surface area contributed by atoms with Crippen molar-refractivity contribution in [3.05, 3.63) is 86.5 Å². The average molecular weight is 413 g/mol. The fourth-order valence-electron chi connectivity index (χ4n) is 2.84. The smallest absolute Gasteiger partial charge is 0.252 e. The monoisotopic (exact) mass is 412 g/mol. The third-order valence-electron chi connectivity index (χ3n) is 4.18. The van der Waals surface area contributed by atoms with Crippen molar-refractivity contribution in [2.45, 2.75) is 6.54 Å². The minimum absolute atomic E-state index is 0.136. The number of halogens is 2. The Labute approximate surface area is 170 Å². The molecule has 1 amide bonds. The van der Waals surface area contributed by atoms with E-state index in [4.69, 9.17) is 23.2 Å². The summed E-state index contributed by atoms with van der Waals surface area (Å²) >= 11 is 13.8. The van der Waals surface area contributed by atoms with Crippen molar-refractivity contribution < 1.29 is 4.79 Å². The van der Waals surface area contributed by atoms with Crippen LogP contribution in [0.5, 0.6) is 0 Å². The zero-order chi connectivity index (χ0) is 18.8. The number of para-hydroxylation sites is 1. The zero-order valence-electron chi connectivity index (χ0n) is 14.1. The van der Waals surface area contributed by atoms with E-state index in [-0.39, 0.29) is 5.91 Å². The Hall–Kier alpha value is -2.40. The van der Waals surface area contributed by atoms with E-state index in [1.54, 1.807) is 29.5 Å². The number of amides is 1. The maximum absolute atomic E-state index is 12.9. The third kappa shape index (κ3) is 3.83. The van der Waals surface area contributed by atoms with Crippen LogP contribution >= 0.6 is 34.5 Å². The van der Waals surface area contributed by atoms with Gasteiger partial charge in [0.15, 0.2) is 0 Å². The second-order valence-electron chi connectivity index (χ2n) is 5.96. The molecule has 0 aliphatic carbocycles. The van der Waals surface area contributed by atoms with Crippen molar-refractivity contribution in [3.63, 3.8) is 0 Å². The fraction of sp³-hybridized carbons (Fsp3) is 0.0476. The van der Waals surface area contributed by atoms with Crippen LogP contribution in [0.15, 0.2) is 66.0 Å². The molecule has 6 heteroatoms. The summed E-state index contributed by atoms with van der Waals surface area (Å²) in [7, 11) is 0. The van der Waals surface area contributed by atoms with E-state index in [0.717, 1.165) is 21.3 Å².